The molecular formula is C18H22NO5-. The fourth-order valence-electron chi connectivity index (χ4n) is 4.22. The summed E-state index contributed by atoms with van der Waals surface area (Å²) in [5.74, 6) is 0.934. The van der Waals surface area contributed by atoms with Gasteiger partial charge in [0, 0.05) is 18.1 Å². The van der Waals surface area contributed by atoms with E-state index >= 15 is 0 Å². The normalized spacial score (nSPS) is 24.7. The molecule has 2 saturated carbocycles. The number of methoxy groups -OCH3 is 2. The van der Waals surface area contributed by atoms with Crippen LogP contribution >= 0.6 is 0 Å². The zero-order valence-electron chi connectivity index (χ0n) is 14.0. The lowest BCUT2D eigenvalue weighted by atomic mass is 9.86. The third-order valence-corrected chi connectivity index (χ3v) is 5.35. The van der Waals surface area contributed by atoms with Crippen molar-refractivity contribution in [3.05, 3.63) is 17.7 Å². The monoisotopic (exact) mass is 332 g/mol. The number of carbonyl (C=O) groups is 2. The van der Waals surface area contributed by atoms with Crippen molar-refractivity contribution in [2.75, 3.05) is 19.5 Å². The summed E-state index contributed by atoms with van der Waals surface area (Å²) in [6, 6.07) is 2.77. The van der Waals surface area contributed by atoms with E-state index in [0.29, 0.717) is 24.0 Å². The summed E-state index contributed by atoms with van der Waals surface area (Å²) in [7, 11) is 2.88. The maximum atomic E-state index is 12.4. The molecule has 2 bridgehead atoms. The van der Waals surface area contributed by atoms with Crippen molar-refractivity contribution in [3.63, 3.8) is 0 Å². The molecule has 1 N–H and O–H groups in total. The Balaban J connectivity index is 1.75. The summed E-state index contributed by atoms with van der Waals surface area (Å²) in [4.78, 5) is 23.7. The van der Waals surface area contributed by atoms with Gasteiger partial charge in [-0.25, -0.2) is 0 Å². The van der Waals surface area contributed by atoms with Crippen molar-refractivity contribution >= 4 is 17.6 Å². The first-order chi connectivity index (χ1) is 11.5. The van der Waals surface area contributed by atoms with Crippen LogP contribution in [0.4, 0.5) is 5.69 Å². The number of carboxylic acids is 1. The zero-order chi connectivity index (χ0) is 17.3. The van der Waals surface area contributed by atoms with E-state index in [-0.39, 0.29) is 22.9 Å². The summed E-state index contributed by atoms with van der Waals surface area (Å²) in [6.45, 7) is 0. The van der Waals surface area contributed by atoms with Gasteiger partial charge < -0.3 is 24.7 Å². The molecule has 3 rings (SSSR count). The average molecular weight is 332 g/mol. The van der Waals surface area contributed by atoms with Gasteiger partial charge in [0.05, 0.1) is 25.9 Å². The standard InChI is InChI=1S/C18H23NO5/c1-23-15-8-13(18(21)22)14(9-16(15)24-2)19-17(20)7-12-6-10-3-4-11(12)5-10/h8-12H,3-7H2,1-2H3,(H,19,20)(H,21,22)/p-1/t10-,11-,12+/m1/s1. The number of amides is 1. The number of carbonyl (C=O) groups excluding carboxylic acids is 2. The van der Waals surface area contributed by atoms with Crippen molar-refractivity contribution in [3.8, 4) is 11.5 Å². The minimum absolute atomic E-state index is 0.117. The Morgan fingerprint density at radius 1 is 1.17 bits per heavy atom. The number of anilines is 1. The van der Waals surface area contributed by atoms with Crippen LogP contribution in [0.3, 0.4) is 0 Å². The molecule has 2 aliphatic carbocycles. The predicted octanol–water partition coefficient (Wildman–Crippen LogP) is 1.83. The number of fused-ring (bicyclic) bond motifs is 2. The molecule has 130 valence electrons. The molecule has 0 aliphatic heterocycles. The van der Waals surface area contributed by atoms with Crippen LogP contribution in [-0.4, -0.2) is 26.1 Å². The Morgan fingerprint density at radius 3 is 2.42 bits per heavy atom. The molecule has 1 aromatic rings. The number of benzene rings is 1. The summed E-state index contributed by atoms with van der Waals surface area (Å²) in [6.07, 6.45) is 5.27. The molecule has 1 amide bonds. The van der Waals surface area contributed by atoms with Crippen LogP contribution in [0.1, 0.15) is 42.5 Å². The number of rotatable bonds is 6. The molecule has 2 aliphatic rings. The van der Waals surface area contributed by atoms with Crippen LogP contribution in [-0.2, 0) is 4.79 Å². The third kappa shape index (κ3) is 3.18. The number of hydrogen-bond donors (Lipinski definition) is 1. The first-order valence-corrected chi connectivity index (χ1v) is 8.29. The molecule has 3 atom stereocenters. The van der Waals surface area contributed by atoms with Crippen molar-refractivity contribution in [2.45, 2.75) is 32.1 Å². The molecule has 0 heterocycles. The summed E-state index contributed by atoms with van der Waals surface area (Å²) < 4.78 is 10.3. The zero-order valence-corrected chi connectivity index (χ0v) is 14.0. The van der Waals surface area contributed by atoms with E-state index in [1.165, 1.54) is 45.6 Å². The van der Waals surface area contributed by atoms with Crippen LogP contribution in [0.2, 0.25) is 0 Å². The van der Waals surface area contributed by atoms with Crippen molar-refractivity contribution < 1.29 is 24.2 Å². The molecule has 0 unspecified atom stereocenters. The highest BCUT2D eigenvalue weighted by Gasteiger charge is 2.40. The topological polar surface area (TPSA) is 87.7 Å². The molecule has 6 nitrogen and oxygen atoms in total. The lowest BCUT2D eigenvalue weighted by Gasteiger charge is -2.22. The van der Waals surface area contributed by atoms with Gasteiger partial charge in [-0.2, -0.15) is 0 Å². The van der Waals surface area contributed by atoms with Crippen molar-refractivity contribution in [1.29, 1.82) is 0 Å². The van der Waals surface area contributed by atoms with E-state index in [2.05, 4.69) is 5.32 Å². The molecule has 0 aromatic heterocycles. The summed E-state index contributed by atoms with van der Waals surface area (Å²) >= 11 is 0. The van der Waals surface area contributed by atoms with Gasteiger partial charge in [0.15, 0.2) is 11.5 Å². The number of ether oxygens (including phenoxy) is 2. The smallest absolute Gasteiger partial charge is 0.224 e. The summed E-state index contributed by atoms with van der Waals surface area (Å²) in [5, 5.41) is 14.1. The minimum atomic E-state index is -1.37. The molecule has 24 heavy (non-hydrogen) atoms. The number of hydrogen-bond acceptors (Lipinski definition) is 5. The number of nitrogens with one attached hydrogen (secondary N) is 1. The SMILES string of the molecule is COc1cc(NC(=O)C[C@@H]2C[C@@H]3CC[C@@H]2C3)c(C(=O)[O-])cc1OC. The molecule has 0 saturated heterocycles. The predicted molar refractivity (Wildman–Crippen MR) is 86.1 cm³/mol. The molecule has 6 heteroatoms. The van der Waals surface area contributed by atoms with Gasteiger partial charge in [-0.3, -0.25) is 4.79 Å². The molecule has 0 radical (unpaired) electrons. The Bertz CT molecular complexity index is 657. The molecule has 0 spiro atoms. The quantitative estimate of drug-likeness (QED) is 0.859. The van der Waals surface area contributed by atoms with E-state index < -0.39 is 5.97 Å². The second-order valence-corrected chi connectivity index (χ2v) is 6.73. The Kier molecular flexibility index (Phi) is 4.64. The van der Waals surface area contributed by atoms with Crippen LogP contribution < -0.4 is 19.9 Å². The Hall–Kier alpha value is -2.24. The highest BCUT2D eigenvalue weighted by molar-refractivity contribution is 6.00. The highest BCUT2D eigenvalue weighted by atomic mass is 16.5. The van der Waals surface area contributed by atoms with Gasteiger partial charge in [0.2, 0.25) is 5.91 Å². The van der Waals surface area contributed by atoms with E-state index in [1.54, 1.807) is 0 Å². The second-order valence-electron chi connectivity index (χ2n) is 6.73. The number of aromatic carboxylic acids is 1. The summed E-state index contributed by atoms with van der Waals surface area (Å²) in [5.41, 5.74) is 0.0646. The van der Waals surface area contributed by atoms with E-state index in [1.807, 2.05) is 0 Å². The van der Waals surface area contributed by atoms with Crippen molar-refractivity contribution in [2.24, 2.45) is 17.8 Å². The van der Waals surface area contributed by atoms with Crippen LogP contribution in [0.15, 0.2) is 12.1 Å². The van der Waals surface area contributed by atoms with E-state index in [9.17, 15) is 14.7 Å². The van der Waals surface area contributed by atoms with Gasteiger partial charge in [-0.05, 0) is 43.1 Å². The molecule has 1 aromatic carbocycles. The van der Waals surface area contributed by atoms with Gasteiger partial charge >= 0.3 is 0 Å². The first-order valence-electron chi connectivity index (χ1n) is 8.29. The Morgan fingerprint density at radius 2 is 1.88 bits per heavy atom. The second kappa shape index (κ2) is 6.71. The highest BCUT2D eigenvalue weighted by Crippen LogP contribution is 2.49. The van der Waals surface area contributed by atoms with Gasteiger partial charge in [0.25, 0.3) is 0 Å². The number of carboxylic acid groups (broad SMARTS) is 1. The van der Waals surface area contributed by atoms with Crippen LogP contribution in [0, 0.1) is 17.8 Å². The van der Waals surface area contributed by atoms with E-state index in [4.69, 9.17) is 9.47 Å². The molecular weight excluding hydrogens is 310 g/mol. The maximum Gasteiger partial charge on any atom is 0.224 e. The minimum Gasteiger partial charge on any atom is -0.545 e. The average Bonchev–Trinajstić information content (AvgIpc) is 3.16. The fraction of sp³-hybridized carbons (Fsp3) is 0.556. The lowest BCUT2D eigenvalue weighted by Crippen LogP contribution is -2.26. The lowest BCUT2D eigenvalue weighted by molar-refractivity contribution is -0.254. The first kappa shape index (κ1) is 16.6. The van der Waals surface area contributed by atoms with Crippen molar-refractivity contribution in [1.82, 2.24) is 0 Å². The van der Waals surface area contributed by atoms with Gasteiger partial charge in [-0.1, -0.05) is 6.42 Å². The Labute approximate surface area is 141 Å². The fourth-order valence-corrected chi connectivity index (χ4v) is 4.22. The van der Waals surface area contributed by atoms with Gasteiger partial charge in [0.1, 0.15) is 0 Å². The van der Waals surface area contributed by atoms with Gasteiger partial charge in [-0.15, -0.1) is 0 Å². The maximum absolute atomic E-state index is 12.4. The largest absolute Gasteiger partial charge is 0.545 e. The van der Waals surface area contributed by atoms with Crippen LogP contribution in [0.5, 0.6) is 11.5 Å². The third-order valence-electron chi connectivity index (χ3n) is 5.35. The van der Waals surface area contributed by atoms with E-state index in [0.717, 1.165) is 12.3 Å². The van der Waals surface area contributed by atoms with Crippen LogP contribution in [0.25, 0.3) is 0 Å². The molecule has 2 fully saturated rings.